The Morgan fingerprint density at radius 2 is 2.55 bits per heavy atom. The predicted octanol–water partition coefficient (Wildman–Crippen LogP) is 1.45. The van der Waals surface area contributed by atoms with Crippen LogP contribution in [0.2, 0.25) is 0 Å². The van der Waals surface area contributed by atoms with E-state index < -0.39 is 6.29 Å². The summed E-state index contributed by atoms with van der Waals surface area (Å²) in [4.78, 5) is 0. The van der Waals surface area contributed by atoms with E-state index in [-0.39, 0.29) is 11.5 Å². The highest BCUT2D eigenvalue weighted by Gasteiger charge is 2.46. The third-order valence-electron chi connectivity index (χ3n) is 2.62. The molecule has 0 saturated carbocycles. The lowest BCUT2D eigenvalue weighted by Gasteiger charge is -2.24. The zero-order chi connectivity index (χ0) is 7.90. The molecule has 2 bridgehead atoms. The van der Waals surface area contributed by atoms with Crippen molar-refractivity contribution in [3.63, 3.8) is 0 Å². The Morgan fingerprint density at radius 1 is 1.73 bits per heavy atom. The summed E-state index contributed by atoms with van der Waals surface area (Å²) in [5.74, 6) is 0.265. The molecule has 0 amide bonds. The lowest BCUT2D eigenvalue weighted by Crippen LogP contribution is -2.27. The predicted molar refractivity (Wildman–Crippen MR) is 42.0 cm³/mol. The Labute approximate surface area is 66.9 Å². The van der Waals surface area contributed by atoms with Crippen molar-refractivity contribution in [3.05, 3.63) is 12.2 Å². The van der Waals surface area contributed by atoms with E-state index in [1.807, 2.05) is 0 Å². The lowest BCUT2D eigenvalue weighted by atomic mass is 9.97. The summed E-state index contributed by atoms with van der Waals surface area (Å²) in [6.07, 6.45) is 6.81. The topological polar surface area (TPSA) is 29.5 Å². The third kappa shape index (κ3) is 1.01. The van der Waals surface area contributed by atoms with Gasteiger partial charge in [0, 0.05) is 5.92 Å². The molecule has 0 aromatic rings. The van der Waals surface area contributed by atoms with Crippen LogP contribution < -0.4 is 0 Å². The molecular formula is C9H14O2. The van der Waals surface area contributed by atoms with Crippen molar-refractivity contribution in [3.8, 4) is 0 Å². The molecule has 0 radical (unpaired) electrons. The molecule has 1 heterocycles. The van der Waals surface area contributed by atoms with E-state index in [1.54, 1.807) is 0 Å². The maximum absolute atomic E-state index is 9.34. The fourth-order valence-corrected chi connectivity index (χ4v) is 2.11. The highest BCUT2D eigenvalue weighted by Crippen LogP contribution is 2.44. The molecule has 0 aromatic heterocycles. The first-order valence-electron chi connectivity index (χ1n) is 4.31. The molecule has 2 rings (SSSR count). The first kappa shape index (κ1) is 7.32. The quantitative estimate of drug-likeness (QED) is 0.610. The van der Waals surface area contributed by atoms with Gasteiger partial charge in [0.2, 0.25) is 0 Å². The molecule has 2 nitrogen and oxygen atoms in total. The van der Waals surface area contributed by atoms with Gasteiger partial charge in [-0.3, -0.25) is 0 Å². The summed E-state index contributed by atoms with van der Waals surface area (Å²) in [7, 11) is 0. The first-order chi connectivity index (χ1) is 5.26. The maximum Gasteiger partial charge on any atom is 0.162 e. The molecule has 1 N–H and O–H groups in total. The molecule has 0 aromatic carbocycles. The SMILES string of the molecule is CCCC12C=CC(C1)C(O)O2. The van der Waals surface area contributed by atoms with Gasteiger partial charge >= 0.3 is 0 Å². The van der Waals surface area contributed by atoms with Crippen LogP contribution >= 0.6 is 0 Å². The molecular weight excluding hydrogens is 140 g/mol. The number of rotatable bonds is 2. The summed E-state index contributed by atoms with van der Waals surface area (Å²) < 4.78 is 5.46. The smallest absolute Gasteiger partial charge is 0.162 e. The van der Waals surface area contributed by atoms with E-state index in [0.29, 0.717) is 0 Å². The van der Waals surface area contributed by atoms with Gasteiger partial charge in [-0.1, -0.05) is 25.5 Å². The molecule has 1 fully saturated rings. The van der Waals surface area contributed by atoms with Gasteiger partial charge in [0.15, 0.2) is 6.29 Å². The van der Waals surface area contributed by atoms with Crippen LogP contribution in [0.25, 0.3) is 0 Å². The van der Waals surface area contributed by atoms with E-state index >= 15 is 0 Å². The molecule has 1 aliphatic heterocycles. The van der Waals surface area contributed by atoms with Gasteiger partial charge in [-0.15, -0.1) is 0 Å². The van der Waals surface area contributed by atoms with Crippen LogP contribution in [0.4, 0.5) is 0 Å². The van der Waals surface area contributed by atoms with E-state index in [2.05, 4.69) is 19.1 Å². The number of fused-ring (bicyclic) bond motifs is 2. The minimum atomic E-state index is -0.536. The molecule has 1 aliphatic carbocycles. The highest BCUT2D eigenvalue weighted by molar-refractivity contribution is 5.17. The summed E-state index contributed by atoms with van der Waals surface area (Å²) in [6.45, 7) is 2.14. The van der Waals surface area contributed by atoms with Crippen molar-refractivity contribution in [1.82, 2.24) is 0 Å². The number of aliphatic hydroxyl groups is 1. The van der Waals surface area contributed by atoms with Crippen LogP contribution in [-0.2, 0) is 4.74 Å². The molecule has 2 aliphatic rings. The monoisotopic (exact) mass is 154 g/mol. The lowest BCUT2D eigenvalue weighted by molar-refractivity contribution is -0.135. The average molecular weight is 154 g/mol. The van der Waals surface area contributed by atoms with Crippen LogP contribution in [0.5, 0.6) is 0 Å². The molecule has 0 spiro atoms. The van der Waals surface area contributed by atoms with E-state index in [9.17, 15) is 5.11 Å². The fraction of sp³-hybridized carbons (Fsp3) is 0.778. The van der Waals surface area contributed by atoms with E-state index in [1.165, 1.54) is 0 Å². The number of aliphatic hydroxyl groups excluding tert-OH is 1. The molecule has 3 atom stereocenters. The van der Waals surface area contributed by atoms with Crippen LogP contribution in [0, 0.1) is 5.92 Å². The van der Waals surface area contributed by atoms with E-state index in [0.717, 1.165) is 19.3 Å². The van der Waals surface area contributed by atoms with Gasteiger partial charge in [0.25, 0.3) is 0 Å². The van der Waals surface area contributed by atoms with Crippen molar-refractivity contribution in [1.29, 1.82) is 0 Å². The Hall–Kier alpha value is -0.340. The molecule has 62 valence electrons. The first-order valence-corrected chi connectivity index (χ1v) is 4.31. The van der Waals surface area contributed by atoms with Crippen molar-refractivity contribution in [2.75, 3.05) is 0 Å². The largest absolute Gasteiger partial charge is 0.367 e. The van der Waals surface area contributed by atoms with Crippen molar-refractivity contribution >= 4 is 0 Å². The zero-order valence-electron chi connectivity index (χ0n) is 6.79. The fourth-order valence-electron chi connectivity index (χ4n) is 2.11. The van der Waals surface area contributed by atoms with Crippen molar-refractivity contribution < 1.29 is 9.84 Å². The van der Waals surface area contributed by atoms with Crippen LogP contribution in [0.15, 0.2) is 12.2 Å². The summed E-state index contributed by atoms with van der Waals surface area (Å²) >= 11 is 0. The van der Waals surface area contributed by atoms with Gasteiger partial charge in [-0.2, -0.15) is 0 Å². The number of hydrogen-bond donors (Lipinski definition) is 1. The van der Waals surface area contributed by atoms with Crippen LogP contribution in [-0.4, -0.2) is 17.0 Å². The zero-order valence-corrected chi connectivity index (χ0v) is 6.79. The molecule has 1 saturated heterocycles. The second-order valence-electron chi connectivity index (χ2n) is 3.55. The molecule has 11 heavy (non-hydrogen) atoms. The minimum Gasteiger partial charge on any atom is -0.367 e. The standard InChI is InChI=1S/C9H14O2/c1-2-4-9-5-3-7(6-9)8(10)11-9/h3,5,7-8,10H,2,4,6H2,1H3. The number of ether oxygens (including phenoxy) is 1. The van der Waals surface area contributed by atoms with Gasteiger partial charge in [0.1, 0.15) is 0 Å². The second-order valence-corrected chi connectivity index (χ2v) is 3.55. The Bertz CT molecular complexity index is 188. The third-order valence-corrected chi connectivity index (χ3v) is 2.62. The normalized spacial score (nSPS) is 47.1. The average Bonchev–Trinajstić information content (AvgIpc) is 2.44. The Morgan fingerprint density at radius 3 is 3.00 bits per heavy atom. The van der Waals surface area contributed by atoms with Gasteiger partial charge in [-0.05, 0) is 12.8 Å². The molecule has 2 heteroatoms. The highest BCUT2D eigenvalue weighted by atomic mass is 16.6. The Kier molecular flexibility index (Phi) is 1.55. The molecule has 3 unspecified atom stereocenters. The summed E-state index contributed by atoms with van der Waals surface area (Å²) in [6, 6.07) is 0. The van der Waals surface area contributed by atoms with Gasteiger partial charge in [-0.25, -0.2) is 0 Å². The van der Waals surface area contributed by atoms with Gasteiger partial charge in [0.05, 0.1) is 5.60 Å². The summed E-state index contributed by atoms with van der Waals surface area (Å²) in [5, 5.41) is 9.34. The van der Waals surface area contributed by atoms with Crippen LogP contribution in [0.3, 0.4) is 0 Å². The minimum absolute atomic E-state index is 0.0984. The van der Waals surface area contributed by atoms with Crippen molar-refractivity contribution in [2.24, 2.45) is 5.92 Å². The number of hydrogen-bond acceptors (Lipinski definition) is 2. The second kappa shape index (κ2) is 2.32. The Balaban J connectivity index is 2.12. The van der Waals surface area contributed by atoms with E-state index in [4.69, 9.17) is 4.74 Å². The maximum atomic E-state index is 9.34. The van der Waals surface area contributed by atoms with Crippen LogP contribution in [0.1, 0.15) is 26.2 Å². The van der Waals surface area contributed by atoms with Crippen molar-refractivity contribution in [2.45, 2.75) is 38.1 Å². The van der Waals surface area contributed by atoms with Gasteiger partial charge < -0.3 is 9.84 Å². The summed E-state index contributed by atoms with van der Waals surface area (Å²) in [5.41, 5.74) is -0.0984.